The van der Waals surface area contributed by atoms with E-state index in [2.05, 4.69) is 32.2 Å². The van der Waals surface area contributed by atoms with Crippen LogP contribution < -0.4 is 9.64 Å². The number of aryl methyl sites for hydroxylation is 1. The normalized spacial score (nSPS) is 19.0. The number of nitrogens with zero attached hydrogens (tertiary/aromatic N) is 8. The summed E-state index contributed by atoms with van der Waals surface area (Å²) in [5.74, 6) is -0.249. The van der Waals surface area contributed by atoms with E-state index in [1.54, 1.807) is 32.9 Å². The number of amides is 2. The molecule has 0 radical (unpaired) electrons. The number of fused-ring (bicyclic) bond motifs is 1. The van der Waals surface area contributed by atoms with Crippen LogP contribution in [-0.4, -0.2) is 111 Å². The summed E-state index contributed by atoms with van der Waals surface area (Å²) in [6.07, 6.45) is 10.5. The van der Waals surface area contributed by atoms with Crippen molar-refractivity contribution in [3.05, 3.63) is 71.3 Å². The molecule has 12 nitrogen and oxygen atoms in total. The summed E-state index contributed by atoms with van der Waals surface area (Å²) in [6, 6.07) is 5.12. The van der Waals surface area contributed by atoms with Gasteiger partial charge in [0.05, 0.1) is 31.6 Å². The van der Waals surface area contributed by atoms with E-state index in [9.17, 15) is 14.0 Å². The molecule has 4 aromatic rings. The van der Waals surface area contributed by atoms with Gasteiger partial charge < -0.3 is 24.4 Å². The molecule has 3 aliphatic rings. The molecule has 6 heterocycles. The number of halogens is 2. The maximum absolute atomic E-state index is 16.6. The van der Waals surface area contributed by atoms with Gasteiger partial charge in [0.1, 0.15) is 11.5 Å². The Hall–Kier alpha value is -4.85. The Labute approximate surface area is 283 Å². The number of nitrogens with one attached hydrogen (secondary N) is 1. The molecule has 14 heteroatoms. The van der Waals surface area contributed by atoms with Crippen molar-refractivity contribution in [1.29, 1.82) is 0 Å². The van der Waals surface area contributed by atoms with Gasteiger partial charge in [0, 0.05) is 74.9 Å². The lowest BCUT2D eigenvalue weighted by Gasteiger charge is -2.35. The van der Waals surface area contributed by atoms with E-state index >= 15 is 4.39 Å². The van der Waals surface area contributed by atoms with Crippen molar-refractivity contribution in [3.8, 4) is 5.75 Å². The predicted octanol–water partition coefficient (Wildman–Crippen LogP) is 4.27. The van der Waals surface area contributed by atoms with Crippen LogP contribution in [-0.2, 0) is 11.3 Å². The lowest BCUT2D eigenvalue weighted by atomic mass is 9.89. The molecule has 0 aliphatic carbocycles. The topological polar surface area (TPSA) is 116 Å². The van der Waals surface area contributed by atoms with Gasteiger partial charge in [0.25, 0.3) is 5.91 Å². The minimum Gasteiger partial charge on any atom is -0.493 e. The zero-order valence-corrected chi connectivity index (χ0v) is 27.9. The van der Waals surface area contributed by atoms with Crippen LogP contribution in [0, 0.1) is 11.6 Å². The highest BCUT2D eigenvalue weighted by molar-refractivity contribution is 6.00. The summed E-state index contributed by atoms with van der Waals surface area (Å²) in [4.78, 5) is 42.2. The van der Waals surface area contributed by atoms with Crippen molar-refractivity contribution in [3.63, 3.8) is 0 Å². The number of H-pyrrole nitrogens is 1. The summed E-state index contributed by atoms with van der Waals surface area (Å²) >= 11 is 0. The Morgan fingerprint density at radius 2 is 1.88 bits per heavy atom. The molecule has 49 heavy (non-hydrogen) atoms. The molecule has 258 valence electrons. The fourth-order valence-corrected chi connectivity index (χ4v) is 7.34. The lowest BCUT2D eigenvalue weighted by Crippen LogP contribution is -2.49. The number of rotatable bonds is 8. The van der Waals surface area contributed by atoms with Crippen molar-refractivity contribution in [2.75, 3.05) is 64.9 Å². The van der Waals surface area contributed by atoms with Gasteiger partial charge in [0.15, 0.2) is 17.4 Å². The summed E-state index contributed by atoms with van der Waals surface area (Å²) in [6.45, 7) is 4.04. The van der Waals surface area contributed by atoms with Gasteiger partial charge in [-0.1, -0.05) is 17.7 Å². The van der Waals surface area contributed by atoms with E-state index in [-0.39, 0.29) is 24.3 Å². The Morgan fingerprint density at radius 1 is 1.04 bits per heavy atom. The third kappa shape index (κ3) is 6.61. The third-order valence-electron chi connectivity index (χ3n) is 10.0. The highest BCUT2D eigenvalue weighted by atomic mass is 19.1. The average molecular weight is 674 g/mol. The number of likely N-dealkylation sites (tertiary alicyclic amines) is 1. The van der Waals surface area contributed by atoms with Crippen LogP contribution in [0.15, 0.2) is 42.9 Å². The number of pyridine rings is 1. The largest absolute Gasteiger partial charge is 0.493 e. The number of piperidine rings is 1. The van der Waals surface area contributed by atoms with Crippen molar-refractivity contribution in [1.82, 2.24) is 39.7 Å². The number of hydrogen-bond donors (Lipinski definition) is 1. The highest BCUT2D eigenvalue weighted by Gasteiger charge is 2.31. The fourth-order valence-electron chi connectivity index (χ4n) is 7.34. The molecule has 0 spiro atoms. The predicted molar refractivity (Wildman–Crippen MR) is 180 cm³/mol. The molecule has 1 atom stereocenters. The van der Waals surface area contributed by atoms with Crippen molar-refractivity contribution < 1.29 is 23.1 Å². The lowest BCUT2D eigenvalue weighted by molar-refractivity contribution is -0.131. The minimum absolute atomic E-state index is 0.0173. The van der Waals surface area contributed by atoms with Crippen LogP contribution in [0.5, 0.6) is 5.75 Å². The first-order valence-electron chi connectivity index (χ1n) is 16.9. The van der Waals surface area contributed by atoms with Crippen LogP contribution in [0.1, 0.15) is 59.8 Å². The summed E-state index contributed by atoms with van der Waals surface area (Å²) in [5, 5.41) is 8.45. The minimum atomic E-state index is -0.479. The monoisotopic (exact) mass is 673 g/mol. The van der Waals surface area contributed by atoms with Gasteiger partial charge in [-0.05, 0) is 56.1 Å². The van der Waals surface area contributed by atoms with Crippen LogP contribution in [0.2, 0.25) is 0 Å². The Kier molecular flexibility index (Phi) is 9.30. The van der Waals surface area contributed by atoms with Crippen molar-refractivity contribution in [2.45, 2.75) is 44.7 Å². The smallest absolute Gasteiger partial charge is 0.270 e. The second kappa shape index (κ2) is 13.9. The summed E-state index contributed by atoms with van der Waals surface area (Å²) < 4.78 is 37.3. The number of aromatic amines is 1. The second-order valence-electron chi connectivity index (χ2n) is 13.0. The SMILES string of the molecule is COc1cc(F)cnc1N1CCN(C(=O)c2cc3c(C4CCCCN4C)cc(C4=CCCN(C(=O)CCn5ccnn5)C4)c(F)c3[nH]2)CC1. The van der Waals surface area contributed by atoms with Gasteiger partial charge in [0.2, 0.25) is 5.91 Å². The quantitative estimate of drug-likeness (QED) is 0.295. The molecule has 3 aliphatic heterocycles. The van der Waals surface area contributed by atoms with Gasteiger partial charge >= 0.3 is 0 Å². The Morgan fingerprint density at radius 3 is 2.63 bits per heavy atom. The van der Waals surface area contributed by atoms with E-state index < -0.39 is 11.6 Å². The van der Waals surface area contributed by atoms with E-state index in [4.69, 9.17) is 4.74 Å². The molecule has 1 aromatic carbocycles. The number of carbonyl (C=O) groups excluding carboxylic acids is 2. The highest BCUT2D eigenvalue weighted by Crippen LogP contribution is 2.39. The molecular weight excluding hydrogens is 632 g/mol. The zero-order chi connectivity index (χ0) is 34.1. The molecule has 1 N–H and O–H groups in total. The van der Waals surface area contributed by atoms with E-state index in [0.717, 1.165) is 43.1 Å². The average Bonchev–Trinajstić information content (AvgIpc) is 3.82. The van der Waals surface area contributed by atoms with Gasteiger partial charge in [-0.2, -0.15) is 0 Å². The molecular formula is C35H41F2N9O3. The first kappa shape index (κ1) is 32.7. The molecule has 0 saturated carbocycles. The van der Waals surface area contributed by atoms with E-state index in [1.807, 2.05) is 17.0 Å². The van der Waals surface area contributed by atoms with Crippen LogP contribution in [0.3, 0.4) is 0 Å². The maximum atomic E-state index is 16.6. The van der Waals surface area contributed by atoms with Crippen molar-refractivity contribution in [2.24, 2.45) is 0 Å². The number of piperazine rings is 1. The molecule has 3 aromatic heterocycles. The summed E-state index contributed by atoms with van der Waals surface area (Å²) in [7, 11) is 3.57. The number of benzene rings is 1. The molecule has 7 rings (SSSR count). The number of aromatic nitrogens is 5. The second-order valence-corrected chi connectivity index (χ2v) is 13.0. The molecule has 2 amide bonds. The molecule has 2 saturated heterocycles. The van der Waals surface area contributed by atoms with Crippen LogP contribution in [0.25, 0.3) is 16.5 Å². The Bertz CT molecular complexity index is 1870. The number of methoxy groups -OCH3 is 1. The Balaban J connectivity index is 1.15. The standard InChI is InChI=1S/C35H41F2N9O3/c1-42-10-4-3-7-29(42)26-19-25(23-6-5-11-45(22-23)31(47)8-12-46-13-9-39-41-46)32(37)33-27(26)20-28(40-33)35(48)44-16-14-43(15-17-44)34-30(49-2)18-24(36)21-38-34/h6,9,13,18-21,29,40H,3-5,7-8,10-12,14-17,22H2,1-2H3. The fraction of sp³-hybridized carbons (Fsp3) is 0.457. The first-order chi connectivity index (χ1) is 23.8. The molecule has 1 unspecified atom stereocenters. The van der Waals surface area contributed by atoms with Gasteiger partial charge in [-0.25, -0.2) is 13.8 Å². The molecule has 2 fully saturated rings. The maximum Gasteiger partial charge on any atom is 0.270 e. The first-order valence-corrected chi connectivity index (χ1v) is 16.9. The van der Waals surface area contributed by atoms with E-state index in [0.29, 0.717) is 86.0 Å². The number of anilines is 1. The number of ether oxygens (including phenoxy) is 1. The van der Waals surface area contributed by atoms with Crippen LogP contribution >= 0.6 is 0 Å². The summed E-state index contributed by atoms with van der Waals surface area (Å²) in [5.41, 5.74) is 2.86. The number of hydrogen-bond acceptors (Lipinski definition) is 8. The van der Waals surface area contributed by atoms with Gasteiger partial charge in [-0.3, -0.25) is 19.2 Å². The number of carbonyl (C=O) groups is 2. The van der Waals surface area contributed by atoms with E-state index in [1.165, 1.54) is 13.2 Å². The zero-order valence-electron chi connectivity index (χ0n) is 27.9. The van der Waals surface area contributed by atoms with Crippen LogP contribution in [0.4, 0.5) is 14.6 Å². The third-order valence-corrected chi connectivity index (χ3v) is 10.0. The molecule has 0 bridgehead atoms. The van der Waals surface area contributed by atoms with Gasteiger partial charge in [-0.15, -0.1) is 5.10 Å². The van der Waals surface area contributed by atoms with Crippen molar-refractivity contribution >= 4 is 34.1 Å².